The number of nitrogens with one attached hydrogen (secondary N) is 4. The number of ether oxygens (including phenoxy) is 2. The number of carbonyl (C=O) groups is 6. The van der Waals surface area contributed by atoms with Crippen LogP contribution in [0.15, 0.2) is 24.8 Å². The molecule has 1 aliphatic carbocycles. The minimum absolute atomic E-state index is 0.0945. The molecule has 4 N–H and O–H groups in total. The first kappa shape index (κ1) is 31.9. The van der Waals surface area contributed by atoms with Crippen molar-refractivity contribution in [3.8, 4) is 0 Å². The molecule has 0 aromatic carbocycles. The second-order valence-electron chi connectivity index (χ2n) is 10.4. The largest absolute Gasteiger partial charge is 0.460 e. The highest BCUT2D eigenvalue weighted by atomic mass is 32.1. The number of hydrogen-bond donors (Lipinski definition) is 5. The van der Waals surface area contributed by atoms with Gasteiger partial charge in [-0.1, -0.05) is 18.7 Å². The van der Waals surface area contributed by atoms with Gasteiger partial charge in [-0.15, -0.1) is 0 Å². The van der Waals surface area contributed by atoms with Crippen molar-refractivity contribution in [1.82, 2.24) is 21.3 Å². The summed E-state index contributed by atoms with van der Waals surface area (Å²) >= 11 is 4.17. The fourth-order valence-electron chi connectivity index (χ4n) is 3.97. The van der Waals surface area contributed by atoms with Crippen molar-refractivity contribution in [1.29, 1.82) is 0 Å². The molecule has 0 aromatic heterocycles. The Bertz CT molecular complexity index is 1000. The van der Waals surface area contributed by atoms with E-state index in [1.54, 1.807) is 20.8 Å². The van der Waals surface area contributed by atoms with E-state index in [1.165, 1.54) is 18.2 Å². The summed E-state index contributed by atoms with van der Waals surface area (Å²) < 4.78 is 10.6. The molecule has 39 heavy (non-hydrogen) atoms. The molecule has 3 atom stereocenters. The van der Waals surface area contributed by atoms with E-state index in [0.29, 0.717) is 19.3 Å². The molecule has 0 aromatic rings. The van der Waals surface area contributed by atoms with Crippen LogP contribution < -0.4 is 21.3 Å². The zero-order valence-corrected chi connectivity index (χ0v) is 23.4. The Morgan fingerprint density at radius 1 is 1.13 bits per heavy atom. The van der Waals surface area contributed by atoms with Crippen molar-refractivity contribution in [2.75, 3.05) is 12.3 Å². The van der Waals surface area contributed by atoms with Crippen LogP contribution >= 0.6 is 12.6 Å². The molecule has 0 bridgehead atoms. The van der Waals surface area contributed by atoms with Crippen LogP contribution in [0.4, 0.5) is 0 Å². The zero-order chi connectivity index (χ0) is 29.2. The maximum atomic E-state index is 13.2. The second kappa shape index (κ2) is 14.2. The number of cyclic esters (lactones) is 1. The van der Waals surface area contributed by atoms with Gasteiger partial charge in [-0.25, -0.2) is 0 Å². The van der Waals surface area contributed by atoms with E-state index in [9.17, 15) is 28.8 Å². The molecular formula is C26H38N4O8S. The van der Waals surface area contributed by atoms with Gasteiger partial charge in [0.25, 0.3) is 0 Å². The first-order chi connectivity index (χ1) is 18.3. The second-order valence-corrected chi connectivity index (χ2v) is 10.8. The number of esters is 2. The van der Waals surface area contributed by atoms with Gasteiger partial charge in [-0.05, 0) is 52.5 Å². The van der Waals surface area contributed by atoms with E-state index < -0.39 is 71.4 Å². The molecule has 13 heteroatoms. The lowest BCUT2D eigenvalue weighted by molar-refractivity contribution is -0.155. The summed E-state index contributed by atoms with van der Waals surface area (Å²) in [6.07, 6.45) is 4.09. The molecule has 12 nitrogen and oxygen atoms in total. The van der Waals surface area contributed by atoms with Gasteiger partial charge in [0.05, 0.1) is 6.42 Å². The molecule has 1 aliphatic heterocycles. The predicted octanol–water partition coefficient (Wildman–Crippen LogP) is 0.221. The highest BCUT2D eigenvalue weighted by Gasteiger charge is 2.46. The number of rotatable bonds is 6. The fraction of sp³-hybridized carbons (Fsp3) is 0.615. The van der Waals surface area contributed by atoms with Gasteiger partial charge in [0.2, 0.25) is 23.6 Å². The smallest absolute Gasteiger partial charge is 0.326 e. The third-order valence-corrected chi connectivity index (χ3v) is 6.42. The standard InChI is InChI=1S/C26H38N4O8S/c1-5-6-8-16-13-19(31)28-17(9-10-20(32)38-25(2,3)4)22(34)29-18(15-39)23(35)30-26(11-7-12-26)24(36)27-14-21(33)37-16/h5-6,8,16-18,39H,1,7,9-15H2,2-4H3,(H,27,36)(H,28,31)(H,29,34)(H,30,35)/b8-6+/t16-,17-,18-/m1/s1. The molecule has 2 fully saturated rings. The molecular weight excluding hydrogens is 528 g/mol. The zero-order valence-electron chi connectivity index (χ0n) is 22.5. The van der Waals surface area contributed by atoms with Crippen LogP contribution in [0.25, 0.3) is 0 Å². The third-order valence-electron chi connectivity index (χ3n) is 6.05. The molecule has 4 amide bonds. The number of hydrogen-bond acceptors (Lipinski definition) is 9. The molecule has 1 spiro atoms. The Balaban J connectivity index is 2.32. The lowest BCUT2D eigenvalue weighted by atomic mass is 9.75. The molecule has 1 saturated heterocycles. The van der Waals surface area contributed by atoms with Crippen LogP contribution in [0.1, 0.15) is 59.3 Å². The van der Waals surface area contributed by atoms with Crippen LogP contribution in [-0.4, -0.2) is 77.2 Å². The van der Waals surface area contributed by atoms with E-state index in [1.807, 2.05) is 0 Å². The monoisotopic (exact) mass is 566 g/mol. The van der Waals surface area contributed by atoms with Crippen molar-refractivity contribution in [2.45, 2.75) is 88.6 Å². The summed E-state index contributed by atoms with van der Waals surface area (Å²) in [6, 6.07) is -2.35. The Morgan fingerprint density at radius 3 is 2.38 bits per heavy atom. The maximum absolute atomic E-state index is 13.2. The normalized spacial score (nSPS) is 25.0. The van der Waals surface area contributed by atoms with Crippen molar-refractivity contribution < 1.29 is 38.2 Å². The average Bonchev–Trinajstić information content (AvgIpc) is 2.82. The van der Waals surface area contributed by atoms with Gasteiger partial charge < -0.3 is 30.7 Å². The van der Waals surface area contributed by atoms with E-state index in [0.717, 1.165) is 0 Å². The van der Waals surface area contributed by atoms with E-state index in [-0.39, 0.29) is 25.0 Å². The molecule has 2 aliphatic rings. The SMILES string of the molecule is C=C/C=C/[C@@H]1CC(=O)N[C@H](CCC(=O)OC(C)(C)C)C(=O)N[C@H](CS)C(=O)NC2(CCC2)C(=O)NCC(=O)O1. The number of allylic oxidation sites excluding steroid dienone is 2. The Kier molecular flexibility index (Phi) is 11.6. The molecule has 0 radical (unpaired) electrons. The van der Waals surface area contributed by atoms with Gasteiger partial charge in [-0.3, -0.25) is 28.8 Å². The minimum atomic E-state index is -1.23. The number of thiol groups is 1. The van der Waals surface area contributed by atoms with Gasteiger partial charge >= 0.3 is 11.9 Å². The van der Waals surface area contributed by atoms with E-state index in [4.69, 9.17) is 9.47 Å². The van der Waals surface area contributed by atoms with Gasteiger partial charge in [0, 0.05) is 12.2 Å². The van der Waals surface area contributed by atoms with Crippen molar-refractivity contribution in [3.63, 3.8) is 0 Å². The fourth-order valence-corrected chi connectivity index (χ4v) is 4.23. The number of amides is 4. The highest BCUT2D eigenvalue weighted by Crippen LogP contribution is 2.32. The lowest BCUT2D eigenvalue weighted by Gasteiger charge is -2.41. The Labute approximate surface area is 233 Å². The van der Waals surface area contributed by atoms with Crippen molar-refractivity contribution in [3.05, 3.63) is 24.8 Å². The summed E-state index contributed by atoms with van der Waals surface area (Å²) in [5.74, 6) is -4.04. The molecule has 1 saturated carbocycles. The predicted molar refractivity (Wildman–Crippen MR) is 144 cm³/mol. The van der Waals surface area contributed by atoms with Crippen LogP contribution in [-0.2, 0) is 38.2 Å². The summed E-state index contributed by atoms with van der Waals surface area (Å²) in [7, 11) is 0. The minimum Gasteiger partial charge on any atom is -0.460 e. The molecule has 2 rings (SSSR count). The lowest BCUT2D eigenvalue weighted by Crippen LogP contribution is -2.66. The van der Waals surface area contributed by atoms with Crippen molar-refractivity contribution >= 4 is 48.2 Å². The van der Waals surface area contributed by atoms with E-state index in [2.05, 4.69) is 40.5 Å². The summed E-state index contributed by atoms with van der Waals surface area (Å²) in [6.45, 7) is 8.20. The van der Waals surface area contributed by atoms with Crippen LogP contribution in [0.2, 0.25) is 0 Å². The first-order valence-electron chi connectivity index (χ1n) is 12.8. The van der Waals surface area contributed by atoms with Crippen LogP contribution in [0.5, 0.6) is 0 Å². The average molecular weight is 567 g/mol. The quantitative estimate of drug-likeness (QED) is 0.173. The van der Waals surface area contributed by atoms with Crippen LogP contribution in [0.3, 0.4) is 0 Å². The van der Waals surface area contributed by atoms with E-state index >= 15 is 0 Å². The van der Waals surface area contributed by atoms with Gasteiger partial charge in [0.1, 0.15) is 35.9 Å². The number of carbonyl (C=O) groups excluding carboxylic acids is 6. The molecule has 216 valence electrons. The van der Waals surface area contributed by atoms with Gasteiger partial charge in [-0.2, -0.15) is 12.6 Å². The van der Waals surface area contributed by atoms with Crippen molar-refractivity contribution in [2.24, 2.45) is 0 Å². The third kappa shape index (κ3) is 10.0. The summed E-state index contributed by atoms with van der Waals surface area (Å²) in [5, 5.41) is 10.3. The first-order valence-corrected chi connectivity index (χ1v) is 13.4. The molecule has 0 unspecified atom stereocenters. The Morgan fingerprint density at radius 2 is 1.82 bits per heavy atom. The maximum Gasteiger partial charge on any atom is 0.326 e. The summed E-state index contributed by atoms with van der Waals surface area (Å²) in [5.41, 5.74) is -1.97. The van der Waals surface area contributed by atoms with Gasteiger partial charge in [0.15, 0.2) is 0 Å². The summed E-state index contributed by atoms with van der Waals surface area (Å²) in [4.78, 5) is 76.7. The van der Waals surface area contributed by atoms with Crippen LogP contribution in [0, 0.1) is 0 Å². The molecule has 1 heterocycles. The topological polar surface area (TPSA) is 169 Å². The Hall–Kier alpha value is -3.35. The highest BCUT2D eigenvalue weighted by molar-refractivity contribution is 7.80.